The predicted molar refractivity (Wildman–Crippen MR) is 79.6 cm³/mol. The van der Waals surface area contributed by atoms with Gasteiger partial charge in [0, 0.05) is 13.1 Å². The molecule has 0 aromatic carbocycles. The van der Waals surface area contributed by atoms with E-state index in [2.05, 4.69) is 56.0 Å². The molecule has 0 N–H and O–H groups in total. The minimum Gasteiger partial charge on any atom is -0.339 e. The van der Waals surface area contributed by atoms with Crippen LogP contribution in [-0.2, 0) is 0 Å². The number of rotatable bonds is 7. The number of nitrogens with zero attached hydrogens (tertiary/aromatic N) is 3. The first-order valence-electron chi connectivity index (χ1n) is 7.54. The molecule has 0 spiro atoms. The van der Waals surface area contributed by atoms with Gasteiger partial charge in [-0.15, -0.1) is 0 Å². The van der Waals surface area contributed by atoms with Crippen molar-refractivity contribution in [3.05, 3.63) is 0 Å². The monoisotopic (exact) mass is 253 g/mol. The second kappa shape index (κ2) is 7.01. The van der Waals surface area contributed by atoms with Crippen LogP contribution < -0.4 is 0 Å². The van der Waals surface area contributed by atoms with Gasteiger partial charge in [0.25, 0.3) is 0 Å². The summed E-state index contributed by atoms with van der Waals surface area (Å²) in [6, 6.07) is 0. The van der Waals surface area contributed by atoms with E-state index in [1.807, 2.05) is 0 Å². The lowest BCUT2D eigenvalue weighted by atomic mass is 9.90. The number of hydrazone groups is 1. The summed E-state index contributed by atoms with van der Waals surface area (Å²) in [5.41, 5.74) is 0.354. The molecule has 0 radical (unpaired) electrons. The molecular weight excluding hydrogens is 222 g/mol. The fraction of sp³-hybridized carbons (Fsp3) is 0.933. The van der Waals surface area contributed by atoms with Crippen molar-refractivity contribution in [1.29, 1.82) is 0 Å². The molecule has 0 fully saturated rings. The van der Waals surface area contributed by atoms with E-state index in [1.54, 1.807) is 0 Å². The number of unbranched alkanes of at least 4 members (excludes halogenated alkanes) is 2. The summed E-state index contributed by atoms with van der Waals surface area (Å²) in [7, 11) is 0. The van der Waals surface area contributed by atoms with Gasteiger partial charge in [0.15, 0.2) is 0 Å². The summed E-state index contributed by atoms with van der Waals surface area (Å²) in [6.45, 7) is 13.7. The van der Waals surface area contributed by atoms with E-state index in [9.17, 15) is 0 Å². The first-order valence-corrected chi connectivity index (χ1v) is 7.54. The highest BCUT2D eigenvalue weighted by atomic mass is 15.6. The van der Waals surface area contributed by atoms with Crippen molar-refractivity contribution in [3.63, 3.8) is 0 Å². The van der Waals surface area contributed by atoms with Gasteiger partial charge >= 0.3 is 0 Å². The van der Waals surface area contributed by atoms with E-state index in [1.165, 1.54) is 32.1 Å². The van der Waals surface area contributed by atoms with Gasteiger partial charge in [0.2, 0.25) is 0 Å². The highest BCUT2D eigenvalue weighted by Crippen LogP contribution is 2.28. The van der Waals surface area contributed by atoms with Crippen LogP contribution in [0.1, 0.15) is 66.7 Å². The van der Waals surface area contributed by atoms with Crippen molar-refractivity contribution < 1.29 is 0 Å². The Balaban J connectivity index is 2.59. The maximum Gasteiger partial charge on any atom is 0.119 e. The van der Waals surface area contributed by atoms with Crippen molar-refractivity contribution in [3.8, 4) is 0 Å². The molecule has 106 valence electrons. The number of hydrogen-bond donors (Lipinski definition) is 0. The van der Waals surface area contributed by atoms with Crippen LogP contribution >= 0.6 is 0 Å². The molecule has 0 aliphatic carbocycles. The Kier molecular flexibility index (Phi) is 5.97. The largest absolute Gasteiger partial charge is 0.339 e. The van der Waals surface area contributed by atoms with Crippen molar-refractivity contribution in [1.82, 2.24) is 9.91 Å². The van der Waals surface area contributed by atoms with Gasteiger partial charge < -0.3 is 4.90 Å². The SMILES string of the molecule is CCCCN1C=NN(CCCC)C1CC(C)(C)C. The fourth-order valence-corrected chi connectivity index (χ4v) is 2.30. The molecule has 0 amide bonds. The summed E-state index contributed by atoms with van der Waals surface area (Å²) in [5, 5.41) is 6.90. The molecule has 3 nitrogen and oxygen atoms in total. The summed E-state index contributed by atoms with van der Waals surface area (Å²) in [4.78, 5) is 2.43. The zero-order valence-corrected chi connectivity index (χ0v) is 12.9. The van der Waals surface area contributed by atoms with Crippen molar-refractivity contribution in [2.24, 2.45) is 10.5 Å². The first kappa shape index (κ1) is 15.3. The lowest BCUT2D eigenvalue weighted by molar-refractivity contribution is 0.0866. The molecular formula is C15H31N3. The molecule has 1 aliphatic heterocycles. The summed E-state index contributed by atoms with van der Waals surface area (Å²) >= 11 is 0. The van der Waals surface area contributed by atoms with Crippen LogP contribution in [0, 0.1) is 5.41 Å². The molecule has 1 rings (SSSR count). The molecule has 18 heavy (non-hydrogen) atoms. The van der Waals surface area contributed by atoms with Crippen LogP contribution in [0.5, 0.6) is 0 Å². The Morgan fingerprint density at radius 2 is 1.67 bits per heavy atom. The molecule has 3 heteroatoms. The molecule has 1 heterocycles. The Morgan fingerprint density at radius 3 is 2.22 bits per heavy atom. The molecule has 0 aromatic heterocycles. The third-order valence-electron chi connectivity index (χ3n) is 3.38. The molecule has 0 bridgehead atoms. The van der Waals surface area contributed by atoms with Crippen molar-refractivity contribution >= 4 is 6.34 Å². The third kappa shape index (κ3) is 4.87. The Bertz CT molecular complexity index is 237. The van der Waals surface area contributed by atoms with E-state index >= 15 is 0 Å². The Labute approximate surface area is 113 Å². The summed E-state index contributed by atoms with van der Waals surface area (Å²) in [6.07, 6.45) is 8.70. The quantitative estimate of drug-likeness (QED) is 0.685. The molecule has 0 saturated carbocycles. The predicted octanol–water partition coefficient (Wildman–Crippen LogP) is 3.91. The van der Waals surface area contributed by atoms with Crippen LogP contribution in [0.2, 0.25) is 0 Å². The van der Waals surface area contributed by atoms with Gasteiger partial charge in [0.05, 0.1) is 0 Å². The molecule has 1 aliphatic rings. The topological polar surface area (TPSA) is 18.8 Å². The maximum absolute atomic E-state index is 4.61. The zero-order valence-electron chi connectivity index (χ0n) is 12.9. The van der Waals surface area contributed by atoms with Crippen LogP contribution in [0.15, 0.2) is 5.10 Å². The summed E-state index contributed by atoms with van der Waals surface area (Å²) < 4.78 is 0. The van der Waals surface area contributed by atoms with Gasteiger partial charge in [-0.2, -0.15) is 5.10 Å². The Morgan fingerprint density at radius 1 is 1.06 bits per heavy atom. The maximum atomic E-state index is 4.61. The van der Waals surface area contributed by atoms with Crippen LogP contribution in [0.4, 0.5) is 0 Å². The standard InChI is InChI=1S/C15H31N3/c1-6-8-10-17-13-16-18(11-9-7-2)14(17)12-15(3,4)5/h13-14H,6-12H2,1-5H3. The fourth-order valence-electron chi connectivity index (χ4n) is 2.30. The van der Waals surface area contributed by atoms with E-state index in [-0.39, 0.29) is 0 Å². The number of hydrogen-bond acceptors (Lipinski definition) is 3. The van der Waals surface area contributed by atoms with Gasteiger partial charge in [-0.25, -0.2) is 0 Å². The van der Waals surface area contributed by atoms with Crippen molar-refractivity contribution in [2.75, 3.05) is 13.1 Å². The van der Waals surface area contributed by atoms with E-state index < -0.39 is 0 Å². The third-order valence-corrected chi connectivity index (χ3v) is 3.38. The average Bonchev–Trinajstić information content (AvgIpc) is 2.64. The van der Waals surface area contributed by atoms with Crippen LogP contribution in [0.3, 0.4) is 0 Å². The van der Waals surface area contributed by atoms with E-state index in [0.29, 0.717) is 11.6 Å². The zero-order chi connectivity index (χ0) is 13.6. The minimum atomic E-state index is 0.354. The highest BCUT2D eigenvalue weighted by molar-refractivity contribution is 5.57. The molecule has 0 aromatic rings. The molecule has 1 atom stereocenters. The van der Waals surface area contributed by atoms with E-state index in [0.717, 1.165) is 13.1 Å². The van der Waals surface area contributed by atoms with Crippen LogP contribution in [-0.4, -0.2) is 35.5 Å². The second-order valence-corrected chi connectivity index (χ2v) is 6.58. The second-order valence-electron chi connectivity index (χ2n) is 6.58. The van der Waals surface area contributed by atoms with Gasteiger partial charge in [-0.1, -0.05) is 47.5 Å². The summed E-state index contributed by atoms with van der Waals surface area (Å²) in [5.74, 6) is 0. The average molecular weight is 253 g/mol. The molecule has 1 unspecified atom stereocenters. The minimum absolute atomic E-state index is 0.354. The van der Waals surface area contributed by atoms with Gasteiger partial charge in [0.1, 0.15) is 12.5 Å². The first-order chi connectivity index (χ1) is 8.48. The molecule has 0 saturated heterocycles. The normalized spacial score (nSPS) is 19.9. The highest BCUT2D eigenvalue weighted by Gasteiger charge is 2.30. The lowest BCUT2D eigenvalue weighted by Crippen LogP contribution is -2.42. The smallest absolute Gasteiger partial charge is 0.119 e. The lowest BCUT2D eigenvalue weighted by Gasteiger charge is -2.35. The van der Waals surface area contributed by atoms with Crippen LogP contribution in [0.25, 0.3) is 0 Å². The van der Waals surface area contributed by atoms with Gasteiger partial charge in [-0.3, -0.25) is 5.01 Å². The van der Waals surface area contributed by atoms with Crippen molar-refractivity contribution in [2.45, 2.75) is 72.9 Å². The van der Waals surface area contributed by atoms with Gasteiger partial charge in [-0.05, 0) is 24.7 Å². The van der Waals surface area contributed by atoms with E-state index in [4.69, 9.17) is 0 Å². The Hall–Kier alpha value is -0.730.